The molecule has 0 saturated heterocycles. The molecule has 0 spiro atoms. The van der Waals surface area contributed by atoms with Gasteiger partial charge in [-0.3, -0.25) is 0 Å². The number of benzene rings is 1. The first-order valence-electron chi connectivity index (χ1n) is 6.57. The Labute approximate surface area is 119 Å². The van der Waals surface area contributed by atoms with Crippen LogP contribution in [0.2, 0.25) is 10.0 Å². The summed E-state index contributed by atoms with van der Waals surface area (Å²) < 4.78 is 0. The fourth-order valence-electron chi connectivity index (χ4n) is 2.97. The van der Waals surface area contributed by atoms with Crippen LogP contribution < -0.4 is 0 Å². The van der Waals surface area contributed by atoms with Crippen LogP contribution in [0.5, 0.6) is 0 Å². The molecule has 3 heteroatoms. The van der Waals surface area contributed by atoms with Crippen LogP contribution in [0, 0.1) is 11.8 Å². The number of aliphatic hydroxyl groups is 1. The largest absolute Gasteiger partial charge is 0.389 e. The predicted octanol–water partition coefficient (Wildman–Crippen LogP) is 4.72. The molecule has 1 aromatic carbocycles. The molecule has 1 nitrogen and oxygen atoms in total. The summed E-state index contributed by atoms with van der Waals surface area (Å²) in [6, 6.07) is 5.63. The van der Waals surface area contributed by atoms with Crippen molar-refractivity contribution in [1.82, 2.24) is 0 Å². The zero-order valence-electron chi connectivity index (χ0n) is 10.9. The van der Waals surface area contributed by atoms with E-state index in [1.807, 2.05) is 12.1 Å². The Morgan fingerprint density at radius 1 is 1.28 bits per heavy atom. The standard InChI is InChI=1S/C15H20Cl2O/c1-10-6-7-11(2)15(18,8-10)9-12-4-3-5-13(16)14(12)17/h3-5,10-11,18H,6-9H2,1-2H3. The molecule has 100 valence electrons. The van der Waals surface area contributed by atoms with E-state index in [1.54, 1.807) is 6.07 Å². The third-order valence-electron chi connectivity index (χ3n) is 4.24. The fourth-order valence-corrected chi connectivity index (χ4v) is 3.36. The van der Waals surface area contributed by atoms with Gasteiger partial charge < -0.3 is 5.11 Å². The van der Waals surface area contributed by atoms with Gasteiger partial charge >= 0.3 is 0 Å². The molecule has 1 aliphatic carbocycles. The number of rotatable bonds is 2. The molecule has 1 aliphatic rings. The average molecular weight is 287 g/mol. The monoisotopic (exact) mass is 286 g/mol. The van der Waals surface area contributed by atoms with Crippen LogP contribution in [0.25, 0.3) is 0 Å². The van der Waals surface area contributed by atoms with Gasteiger partial charge in [-0.15, -0.1) is 0 Å². The van der Waals surface area contributed by atoms with E-state index < -0.39 is 5.60 Å². The Hall–Kier alpha value is -0.240. The molecule has 1 aromatic rings. The molecule has 18 heavy (non-hydrogen) atoms. The van der Waals surface area contributed by atoms with Gasteiger partial charge in [-0.25, -0.2) is 0 Å². The van der Waals surface area contributed by atoms with E-state index in [-0.39, 0.29) is 0 Å². The first kappa shape index (κ1) is 14.2. The molecule has 0 radical (unpaired) electrons. The molecule has 1 saturated carbocycles. The smallest absolute Gasteiger partial charge is 0.0716 e. The van der Waals surface area contributed by atoms with Gasteiger partial charge in [0.05, 0.1) is 15.6 Å². The highest BCUT2D eigenvalue weighted by molar-refractivity contribution is 6.42. The minimum absolute atomic E-state index is 0.309. The van der Waals surface area contributed by atoms with Gasteiger partial charge in [0.2, 0.25) is 0 Å². The first-order valence-corrected chi connectivity index (χ1v) is 7.33. The molecule has 0 aliphatic heterocycles. The molecule has 0 aromatic heterocycles. The van der Waals surface area contributed by atoms with E-state index in [0.717, 1.165) is 18.4 Å². The van der Waals surface area contributed by atoms with Crippen molar-refractivity contribution in [2.24, 2.45) is 11.8 Å². The summed E-state index contributed by atoms with van der Waals surface area (Å²) in [4.78, 5) is 0. The van der Waals surface area contributed by atoms with Crippen molar-refractivity contribution in [2.75, 3.05) is 0 Å². The van der Waals surface area contributed by atoms with E-state index in [4.69, 9.17) is 23.2 Å². The SMILES string of the molecule is CC1CCC(C)C(O)(Cc2cccc(Cl)c2Cl)C1. The lowest BCUT2D eigenvalue weighted by atomic mass is 9.69. The highest BCUT2D eigenvalue weighted by Crippen LogP contribution is 2.40. The Balaban J connectivity index is 2.23. The molecule has 0 bridgehead atoms. The van der Waals surface area contributed by atoms with Gasteiger partial charge in [0.25, 0.3) is 0 Å². The van der Waals surface area contributed by atoms with Crippen LogP contribution in [-0.4, -0.2) is 10.7 Å². The summed E-state index contributed by atoms with van der Waals surface area (Å²) in [5.74, 6) is 0.882. The highest BCUT2D eigenvalue weighted by atomic mass is 35.5. The molecule has 3 atom stereocenters. The van der Waals surface area contributed by atoms with Crippen molar-refractivity contribution < 1.29 is 5.11 Å². The molecule has 3 unspecified atom stereocenters. The topological polar surface area (TPSA) is 20.2 Å². The maximum absolute atomic E-state index is 10.9. The second-order valence-electron chi connectivity index (χ2n) is 5.78. The van der Waals surface area contributed by atoms with Crippen molar-refractivity contribution in [2.45, 2.75) is 45.1 Å². The van der Waals surface area contributed by atoms with Crippen LogP contribution in [0.1, 0.15) is 38.7 Å². The second-order valence-corrected chi connectivity index (χ2v) is 6.57. The van der Waals surface area contributed by atoms with Gasteiger partial charge in [0, 0.05) is 6.42 Å². The van der Waals surface area contributed by atoms with E-state index in [0.29, 0.717) is 28.3 Å². The minimum atomic E-state index is -0.647. The molecule has 2 rings (SSSR count). The summed E-state index contributed by atoms with van der Waals surface area (Å²) in [5.41, 5.74) is 0.305. The third kappa shape index (κ3) is 2.84. The van der Waals surface area contributed by atoms with Gasteiger partial charge in [-0.1, -0.05) is 55.6 Å². The Morgan fingerprint density at radius 3 is 2.72 bits per heavy atom. The maximum Gasteiger partial charge on any atom is 0.0716 e. The van der Waals surface area contributed by atoms with Crippen LogP contribution in [0.4, 0.5) is 0 Å². The average Bonchev–Trinajstić information content (AvgIpc) is 2.30. The van der Waals surface area contributed by atoms with E-state index in [9.17, 15) is 5.11 Å². The highest BCUT2D eigenvalue weighted by Gasteiger charge is 2.39. The molecule has 0 heterocycles. The van der Waals surface area contributed by atoms with Crippen molar-refractivity contribution in [3.8, 4) is 0 Å². The van der Waals surface area contributed by atoms with Gasteiger partial charge in [0.1, 0.15) is 0 Å². The number of halogens is 2. The van der Waals surface area contributed by atoms with Crippen molar-refractivity contribution in [3.05, 3.63) is 33.8 Å². The molecule has 1 N–H and O–H groups in total. The van der Waals surface area contributed by atoms with E-state index in [2.05, 4.69) is 13.8 Å². The van der Waals surface area contributed by atoms with Crippen LogP contribution in [0.15, 0.2) is 18.2 Å². The van der Waals surface area contributed by atoms with Gasteiger partial charge in [-0.05, 0) is 36.3 Å². The number of hydrogen-bond donors (Lipinski definition) is 1. The summed E-state index contributed by atoms with van der Waals surface area (Å²) in [6.45, 7) is 4.33. The lowest BCUT2D eigenvalue weighted by molar-refractivity contribution is -0.0560. The summed E-state index contributed by atoms with van der Waals surface area (Å²) in [7, 11) is 0. The molecular weight excluding hydrogens is 267 g/mol. The maximum atomic E-state index is 10.9. The lowest BCUT2D eigenvalue weighted by Crippen LogP contribution is -2.43. The zero-order valence-corrected chi connectivity index (χ0v) is 12.4. The normalized spacial score (nSPS) is 32.5. The summed E-state index contributed by atoms with van der Waals surface area (Å²) >= 11 is 12.2. The summed E-state index contributed by atoms with van der Waals surface area (Å²) in [5, 5.41) is 12.0. The van der Waals surface area contributed by atoms with Gasteiger partial charge in [-0.2, -0.15) is 0 Å². The summed E-state index contributed by atoms with van der Waals surface area (Å²) in [6.07, 6.45) is 3.72. The quantitative estimate of drug-likeness (QED) is 0.834. The minimum Gasteiger partial charge on any atom is -0.389 e. The Morgan fingerprint density at radius 2 is 2.00 bits per heavy atom. The van der Waals surface area contributed by atoms with Crippen molar-refractivity contribution >= 4 is 23.2 Å². The van der Waals surface area contributed by atoms with Crippen LogP contribution >= 0.6 is 23.2 Å². The van der Waals surface area contributed by atoms with Gasteiger partial charge in [0.15, 0.2) is 0 Å². The zero-order chi connectivity index (χ0) is 13.3. The first-order chi connectivity index (χ1) is 8.42. The molecular formula is C15H20Cl2O. The van der Waals surface area contributed by atoms with Crippen molar-refractivity contribution in [1.29, 1.82) is 0 Å². The Kier molecular flexibility index (Phi) is 4.25. The van der Waals surface area contributed by atoms with E-state index in [1.165, 1.54) is 6.42 Å². The third-order valence-corrected chi connectivity index (χ3v) is 5.10. The fraction of sp³-hybridized carbons (Fsp3) is 0.600. The van der Waals surface area contributed by atoms with Crippen molar-refractivity contribution in [3.63, 3.8) is 0 Å². The van der Waals surface area contributed by atoms with Crippen LogP contribution in [0.3, 0.4) is 0 Å². The predicted molar refractivity (Wildman–Crippen MR) is 77.3 cm³/mol. The molecule has 1 fully saturated rings. The second kappa shape index (κ2) is 5.40. The number of hydrogen-bond acceptors (Lipinski definition) is 1. The van der Waals surface area contributed by atoms with Crippen LogP contribution in [-0.2, 0) is 6.42 Å². The lowest BCUT2D eigenvalue weighted by Gasteiger charge is -2.41. The van der Waals surface area contributed by atoms with E-state index >= 15 is 0 Å². The molecule has 0 amide bonds. The Bertz CT molecular complexity index is 433.